The van der Waals surface area contributed by atoms with E-state index in [1.165, 1.54) is 5.56 Å². The molecule has 1 aliphatic rings. The van der Waals surface area contributed by atoms with Crippen LogP contribution in [0.5, 0.6) is 0 Å². The van der Waals surface area contributed by atoms with Crippen LogP contribution in [0.2, 0.25) is 0 Å². The molecule has 0 aliphatic carbocycles. The average Bonchev–Trinajstić information content (AvgIpc) is 2.82. The van der Waals surface area contributed by atoms with Gasteiger partial charge in [-0.2, -0.15) is 4.31 Å². The Kier molecular flexibility index (Phi) is 6.66. The number of aryl methyl sites for hydroxylation is 1. The van der Waals surface area contributed by atoms with Gasteiger partial charge in [0, 0.05) is 12.6 Å². The van der Waals surface area contributed by atoms with Crippen molar-refractivity contribution < 1.29 is 8.42 Å². The van der Waals surface area contributed by atoms with Crippen molar-refractivity contribution in [2.45, 2.75) is 44.0 Å². The average molecular weight is 333 g/mol. The van der Waals surface area contributed by atoms with Crippen LogP contribution in [0, 0.1) is 5.92 Å². The summed E-state index contributed by atoms with van der Waals surface area (Å²) in [5.74, 6) is 0.277. The molecule has 2 atom stereocenters. The van der Waals surface area contributed by atoms with Gasteiger partial charge in [-0.15, -0.1) is 12.4 Å². The van der Waals surface area contributed by atoms with E-state index in [-0.39, 0.29) is 24.4 Å². The zero-order chi connectivity index (χ0) is 14.8. The first-order chi connectivity index (χ1) is 9.48. The van der Waals surface area contributed by atoms with Crippen LogP contribution in [0.15, 0.2) is 29.2 Å². The van der Waals surface area contributed by atoms with Crippen LogP contribution in [0.4, 0.5) is 0 Å². The maximum Gasteiger partial charge on any atom is 0.243 e. The minimum atomic E-state index is -3.38. The number of halogens is 1. The molecule has 1 aliphatic heterocycles. The Hall–Kier alpha value is -0.620. The first-order valence-corrected chi connectivity index (χ1v) is 8.74. The van der Waals surface area contributed by atoms with Crippen LogP contribution >= 0.6 is 12.4 Å². The number of nitrogens with zero attached hydrogens (tertiary/aromatic N) is 1. The van der Waals surface area contributed by atoms with E-state index in [1.807, 2.05) is 19.1 Å². The maximum absolute atomic E-state index is 12.7. The van der Waals surface area contributed by atoms with Crippen LogP contribution in [0.25, 0.3) is 0 Å². The number of nitrogens with two attached hydrogens (primary N) is 1. The van der Waals surface area contributed by atoms with E-state index < -0.39 is 10.0 Å². The largest absolute Gasteiger partial charge is 0.330 e. The second kappa shape index (κ2) is 7.58. The molecule has 1 fully saturated rings. The highest BCUT2D eigenvalue weighted by atomic mass is 35.5. The van der Waals surface area contributed by atoms with Gasteiger partial charge in [-0.1, -0.05) is 25.5 Å². The predicted octanol–water partition coefficient (Wildman–Crippen LogP) is 2.42. The van der Waals surface area contributed by atoms with Gasteiger partial charge in [-0.3, -0.25) is 0 Å². The summed E-state index contributed by atoms with van der Waals surface area (Å²) in [5.41, 5.74) is 6.85. The summed E-state index contributed by atoms with van der Waals surface area (Å²) < 4.78 is 26.9. The molecule has 120 valence electrons. The third-order valence-electron chi connectivity index (χ3n) is 4.01. The van der Waals surface area contributed by atoms with Crippen molar-refractivity contribution in [3.63, 3.8) is 0 Å². The number of benzene rings is 1. The summed E-state index contributed by atoms with van der Waals surface area (Å²) in [4.78, 5) is 0.391. The molecular weight excluding hydrogens is 308 g/mol. The van der Waals surface area contributed by atoms with Gasteiger partial charge in [-0.05, 0) is 49.9 Å². The standard InChI is InChI=1S/C15H24N2O2S.ClH/c1-3-4-13-5-7-15(8-6-13)20(18,19)17-11-14(10-16)9-12(17)2;/h5-8,12,14H,3-4,9-11,16H2,1-2H3;1H. The van der Waals surface area contributed by atoms with Crippen molar-refractivity contribution in [1.29, 1.82) is 0 Å². The van der Waals surface area contributed by atoms with Gasteiger partial charge < -0.3 is 5.73 Å². The van der Waals surface area contributed by atoms with Gasteiger partial charge in [0.2, 0.25) is 10.0 Å². The second-order valence-corrected chi connectivity index (χ2v) is 7.55. The lowest BCUT2D eigenvalue weighted by Gasteiger charge is -2.21. The molecule has 2 N–H and O–H groups in total. The lowest BCUT2D eigenvalue weighted by molar-refractivity contribution is 0.404. The van der Waals surface area contributed by atoms with E-state index in [0.717, 1.165) is 19.3 Å². The molecule has 0 radical (unpaired) electrons. The Morgan fingerprint density at radius 3 is 2.38 bits per heavy atom. The Morgan fingerprint density at radius 2 is 1.90 bits per heavy atom. The molecule has 1 aromatic carbocycles. The maximum atomic E-state index is 12.7. The van der Waals surface area contributed by atoms with Crippen molar-refractivity contribution in [2.24, 2.45) is 11.7 Å². The molecule has 1 heterocycles. The molecule has 2 unspecified atom stereocenters. The molecule has 0 amide bonds. The monoisotopic (exact) mass is 332 g/mol. The molecule has 6 heteroatoms. The topological polar surface area (TPSA) is 63.4 Å². The molecule has 1 aromatic rings. The summed E-state index contributed by atoms with van der Waals surface area (Å²) >= 11 is 0. The van der Waals surface area contributed by atoms with Crippen LogP contribution in [-0.4, -0.2) is 31.9 Å². The van der Waals surface area contributed by atoms with Crippen molar-refractivity contribution in [1.82, 2.24) is 4.31 Å². The van der Waals surface area contributed by atoms with Gasteiger partial charge in [0.1, 0.15) is 0 Å². The van der Waals surface area contributed by atoms with Crippen LogP contribution in [0.1, 0.15) is 32.3 Å². The molecule has 0 saturated carbocycles. The number of hydrogen-bond donors (Lipinski definition) is 1. The predicted molar refractivity (Wildman–Crippen MR) is 88.2 cm³/mol. The van der Waals surface area contributed by atoms with Crippen LogP contribution in [-0.2, 0) is 16.4 Å². The molecule has 21 heavy (non-hydrogen) atoms. The zero-order valence-corrected chi connectivity index (χ0v) is 14.3. The van der Waals surface area contributed by atoms with Crippen molar-refractivity contribution >= 4 is 22.4 Å². The van der Waals surface area contributed by atoms with Crippen LogP contribution < -0.4 is 5.73 Å². The third-order valence-corrected chi connectivity index (χ3v) is 6.00. The van der Waals surface area contributed by atoms with E-state index in [9.17, 15) is 8.42 Å². The quantitative estimate of drug-likeness (QED) is 0.900. The number of hydrogen-bond acceptors (Lipinski definition) is 3. The van der Waals surface area contributed by atoms with Gasteiger partial charge in [0.05, 0.1) is 4.90 Å². The van der Waals surface area contributed by atoms with Crippen molar-refractivity contribution in [3.05, 3.63) is 29.8 Å². The SMILES string of the molecule is CCCc1ccc(S(=O)(=O)N2CC(CN)CC2C)cc1.Cl. The van der Waals surface area contributed by atoms with Crippen LogP contribution in [0.3, 0.4) is 0 Å². The smallest absolute Gasteiger partial charge is 0.243 e. The zero-order valence-electron chi connectivity index (χ0n) is 12.7. The van der Waals surface area contributed by atoms with Gasteiger partial charge in [-0.25, -0.2) is 8.42 Å². The van der Waals surface area contributed by atoms with Crippen molar-refractivity contribution in [3.8, 4) is 0 Å². The molecule has 2 rings (SSSR count). The minimum absolute atomic E-state index is 0. The molecule has 1 saturated heterocycles. The normalized spacial score (nSPS) is 23.0. The fourth-order valence-corrected chi connectivity index (χ4v) is 4.58. The summed E-state index contributed by atoms with van der Waals surface area (Å²) in [7, 11) is -3.38. The first-order valence-electron chi connectivity index (χ1n) is 7.30. The minimum Gasteiger partial charge on any atom is -0.330 e. The lowest BCUT2D eigenvalue weighted by Crippen LogP contribution is -2.34. The highest BCUT2D eigenvalue weighted by Crippen LogP contribution is 2.29. The lowest BCUT2D eigenvalue weighted by atomic mass is 10.1. The number of sulfonamides is 1. The van der Waals surface area contributed by atoms with E-state index in [1.54, 1.807) is 16.4 Å². The van der Waals surface area contributed by atoms with E-state index in [2.05, 4.69) is 6.92 Å². The van der Waals surface area contributed by atoms with Gasteiger partial charge >= 0.3 is 0 Å². The summed E-state index contributed by atoms with van der Waals surface area (Å²) in [6, 6.07) is 7.31. The Morgan fingerprint density at radius 1 is 1.29 bits per heavy atom. The Balaban J connectivity index is 0.00000220. The molecule has 0 aromatic heterocycles. The van der Waals surface area contributed by atoms with Gasteiger partial charge in [0.15, 0.2) is 0 Å². The molecule has 0 spiro atoms. The third kappa shape index (κ3) is 3.97. The summed E-state index contributed by atoms with van der Waals surface area (Å²) in [5, 5.41) is 0. The van der Waals surface area contributed by atoms with E-state index in [0.29, 0.717) is 18.0 Å². The highest BCUT2D eigenvalue weighted by molar-refractivity contribution is 7.89. The fraction of sp³-hybridized carbons (Fsp3) is 0.600. The Bertz CT molecular complexity index is 545. The summed E-state index contributed by atoms with van der Waals surface area (Å²) in [6.45, 7) is 5.16. The van der Waals surface area contributed by atoms with Gasteiger partial charge in [0.25, 0.3) is 0 Å². The second-order valence-electron chi connectivity index (χ2n) is 5.66. The Labute approximate surface area is 134 Å². The van der Waals surface area contributed by atoms with E-state index >= 15 is 0 Å². The molecule has 0 bridgehead atoms. The number of rotatable bonds is 5. The molecule has 4 nitrogen and oxygen atoms in total. The fourth-order valence-electron chi connectivity index (χ4n) is 2.87. The highest BCUT2D eigenvalue weighted by Gasteiger charge is 2.37. The molecular formula is C15H25ClN2O2S. The van der Waals surface area contributed by atoms with Crippen molar-refractivity contribution in [2.75, 3.05) is 13.1 Å². The summed E-state index contributed by atoms with van der Waals surface area (Å²) in [6.07, 6.45) is 2.90. The van der Waals surface area contributed by atoms with E-state index in [4.69, 9.17) is 5.73 Å². The first kappa shape index (κ1) is 18.4.